The summed E-state index contributed by atoms with van der Waals surface area (Å²) in [5, 5.41) is 10.0. The molecule has 27 heavy (non-hydrogen) atoms. The molecule has 5 atom stereocenters. The van der Waals surface area contributed by atoms with Crippen LogP contribution in [0.1, 0.15) is 76.6 Å². The number of hydrogen-bond acceptors (Lipinski definition) is 3. The van der Waals surface area contributed by atoms with Crippen LogP contribution in [0.4, 0.5) is 0 Å². The van der Waals surface area contributed by atoms with E-state index in [1.165, 1.54) is 0 Å². The van der Waals surface area contributed by atoms with Gasteiger partial charge in [0, 0.05) is 5.92 Å². The molecule has 2 aliphatic rings. The van der Waals surface area contributed by atoms with Crippen molar-refractivity contribution in [3.63, 3.8) is 0 Å². The Morgan fingerprint density at radius 3 is 2.63 bits per heavy atom. The Hall–Kier alpha value is -1.82. The molecule has 1 aromatic carbocycles. The summed E-state index contributed by atoms with van der Waals surface area (Å²) in [7, 11) is 0. The van der Waals surface area contributed by atoms with Crippen LogP contribution in [0.3, 0.4) is 0 Å². The topological polar surface area (TPSA) is 50.1 Å². The zero-order chi connectivity index (χ0) is 19.7. The van der Waals surface area contributed by atoms with E-state index < -0.39 is 0 Å². The summed E-state index contributed by atoms with van der Waals surface area (Å²) < 4.78 is 6.01. The first-order valence-corrected chi connectivity index (χ1v) is 10.5. The van der Waals surface area contributed by atoms with E-state index in [9.17, 15) is 10.1 Å². The predicted molar refractivity (Wildman–Crippen MR) is 107 cm³/mol. The van der Waals surface area contributed by atoms with E-state index in [0.29, 0.717) is 23.3 Å². The molecule has 0 aromatic heterocycles. The van der Waals surface area contributed by atoms with Gasteiger partial charge < -0.3 is 4.74 Å². The van der Waals surface area contributed by atoms with Gasteiger partial charge in [-0.05, 0) is 74.8 Å². The van der Waals surface area contributed by atoms with E-state index >= 15 is 0 Å². The molecule has 2 fully saturated rings. The normalized spacial score (nSPS) is 32.4. The minimum Gasteiger partial charge on any atom is -0.458 e. The van der Waals surface area contributed by atoms with E-state index in [4.69, 9.17) is 4.74 Å². The average Bonchev–Trinajstić information content (AvgIpc) is 3.00. The molecule has 0 saturated heterocycles. The molecule has 0 bridgehead atoms. The summed E-state index contributed by atoms with van der Waals surface area (Å²) in [6.07, 6.45) is 6.18. The summed E-state index contributed by atoms with van der Waals surface area (Å²) >= 11 is 0. The summed E-state index contributed by atoms with van der Waals surface area (Å²) in [4.78, 5) is 12.6. The molecular weight excluding hydrogens is 334 g/mol. The Labute approximate surface area is 164 Å². The zero-order valence-electron chi connectivity index (χ0n) is 17.2. The minimum absolute atomic E-state index is 0.0246. The highest BCUT2D eigenvalue weighted by Crippen LogP contribution is 2.62. The molecule has 3 nitrogen and oxygen atoms in total. The molecule has 2 saturated carbocycles. The van der Waals surface area contributed by atoms with Gasteiger partial charge in [0.25, 0.3) is 0 Å². The van der Waals surface area contributed by atoms with E-state index in [1.807, 2.05) is 30.3 Å². The molecule has 3 rings (SSSR count). The van der Waals surface area contributed by atoms with Gasteiger partial charge >= 0.3 is 5.97 Å². The molecule has 146 valence electrons. The number of nitriles is 1. The summed E-state index contributed by atoms with van der Waals surface area (Å²) in [5.41, 5.74) is 0.406. The maximum Gasteiger partial charge on any atom is 0.338 e. The molecule has 0 amide bonds. The summed E-state index contributed by atoms with van der Waals surface area (Å²) in [6, 6.07) is 12.0. The lowest BCUT2D eigenvalue weighted by Crippen LogP contribution is -2.46. The lowest BCUT2D eigenvalue weighted by molar-refractivity contribution is -0.0547. The summed E-state index contributed by atoms with van der Waals surface area (Å²) in [5.74, 6) is 1.04. The van der Waals surface area contributed by atoms with Gasteiger partial charge in [0.1, 0.15) is 6.10 Å². The molecule has 0 aliphatic heterocycles. The highest BCUT2D eigenvalue weighted by atomic mass is 16.5. The number of rotatable bonds is 5. The lowest BCUT2D eigenvalue weighted by Gasteiger charge is -2.48. The number of nitrogens with zero attached hydrogens (tertiary/aromatic N) is 1. The van der Waals surface area contributed by atoms with Gasteiger partial charge in [-0.15, -0.1) is 0 Å². The number of ether oxygens (including phenoxy) is 1. The number of esters is 1. The van der Waals surface area contributed by atoms with Crippen molar-refractivity contribution in [1.29, 1.82) is 5.26 Å². The molecule has 2 unspecified atom stereocenters. The Kier molecular flexibility index (Phi) is 5.65. The quantitative estimate of drug-likeness (QED) is 0.599. The van der Waals surface area contributed by atoms with Gasteiger partial charge in [0.15, 0.2) is 0 Å². The van der Waals surface area contributed by atoms with Crippen LogP contribution in [0.15, 0.2) is 30.3 Å². The second-order valence-corrected chi connectivity index (χ2v) is 9.57. The first-order valence-electron chi connectivity index (χ1n) is 10.5. The number of hydrogen-bond donors (Lipinski definition) is 0. The molecule has 0 heterocycles. The van der Waals surface area contributed by atoms with Crippen molar-refractivity contribution in [3.05, 3.63) is 35.9 Å². The monoisotopic (exact) mass is 367 g/mol. The van der Waals surface area contributed by atoms with E-state index in [2.05, 4.69) is 33.8 Å². The van der Waals surface area contributed by atoms with Crippen LogP contribution in [0.2, 0.25) is 0 Å². The molecule has 0 spiro atoms. The lowest BCUT2D eigenvalue weighted by atomic mass is 9.56. The maximum atomic E-state index is 12.6. The highest BCUT2D eigenvalue weighted by molar-refractivity contribution is 5.89. The first-order chi connectivity index (χ1) is 12.8. The fraction of sp³-hybridized carbons (Fsp3) is 0.667. The van der Waals surface area contributed by atoms with Gasteiger partial charge in [-0.2, -0.15) is 5.26 Å². The van der Waals surface area contributed by atoms with Gasteiger partial charge in [0.05, 0.1) is 17.0 Å². The molecule has 2 aliphatic carbocycles. The molecule has 1 aromatic rings. The van der Waals surface area contributed by atoms with Crippen molar-refractivity contribution < 1.29 is 9.53 Å². The smallest absolute Gasteiger partial charge is 0.338 e. The van der Waals surface area contributed by atoms with Crippen molar-refractivity contribution >= 4 is 5.97 Å². The van der Waals surface area contributed by atoms with Crippen LogP contribution in [0.25, 0.3) is 0 Å². The Morgan fingerprint density at radius 1 is 1.30 bits per heavy atom. The predicted octanol–water partition coefficient (Wildman–Crippen LogP) is 6.00. The third kappa shape index (κ3) is 3.77. The van der Waals surface area contributed by atoms with E-state index in [0.717, 1.165) is 38.5 Å². The molecule has 0 N–H and O–H groups in total. The second-order valence-electron chi connectivity index (χ2n) is 9.57. The summed E-state index contributed by atoms with van der Waals surface area (Å²) in [6.45, 7) is 8.92. The van der Waals surface area contributed by atoms with Crippen molar-refractivity contribution in [1.82, 2.24) is 0 Å². The van der Waals surface area contributed by atoms with Crippen molar-refractivity contribution in [3.8, 4) is 6.07 Å². The highest BCUT2D eigenvalue weighted by Gasteiger charge is 2.57. The van der Waals surface area contributed by atoms with Crippen molar-refractivity contribution in [2.45, 2.75) is 72.3 Å². The fourth-order valence-corrected chi connectivity index (χ4v) is 6.20. The number of fused-ring (bicyclic) bond motifs is 1. The maximum absolute atomic E-state index is 12.6. The fourth-order valence-electron chi connectivity index (χ4n) is 6.20. The Balaban J connectivity index is 1.79. The van der Waals surface area contributed by atoms with Gasteiger partial charge in [-0.3, -0.25) is 0 Å². The van der Waals surface area contributed by atoms with Gasteiger partial charge in [-0.1, -0.05) is 39.0 Å². The second kappa shape index (κ2) is 7.66. The molecule has 3 heteroatoms. The SMILES string of the molecule is CC(C)C[C@](C)(C#N)C1CCC2[C@@H](OC(=O)c3ccccc3)CCC[C@@]21C. The van der Waals surface area contributed by atoms with Crippen molar-refractivity contribution in [2.24, 2.45) is 28.6 Å². The van der Waals surface area contributed by atoms with Crippen LogP contribution in [-0.4, -0.2) is 12.1 Å². The van der Waals surface area contributed by atoms with Crippen LogP contribution < -0.4 is 0 Å². The minimum atomic E-state index is -0.303. The average molecular weight is 368 g/mol. The zero-order valence-corrected chi connectivity index (χ0v) is 17.2. The first kappa shape index (κ1) is 19.9. The van der Waals surface area contributed by atoms with Gasteiger partial charge in [0.2, 0.25) is 0 Å². The van der Waals surface area contributed by atoms with Crippen molar-refractivity contribution in [2.75, 3.05) is 0 Å². The number of benzene rings is 1. The third-order valence-corrected chi connectivity index (χ3v) is 7.19. The van der Waals surface area contributed by atoms with Gasteiger partial charge in [-0.25, -0.2) is 4.79 Å². The van der Waals surface area contributed by atoms with Crippen LogP contribution >= 0.6 is 0 Å². The van der Waals surface area contributed by atoms with Crippen LogP contribution in [-0.2, 0) is 4.74 Å². The molecular formula is C24H33NO2. The largest absolute Gasteiger partial charge is 0.458 e. The Bertz CT molecular complexity index is 707. The Morgan fingerprint density at radius 2 is 2.00 bits per heavy atom. The third-order valence-electron chi connectivity index (χ3n) is 7.19. The number of carbonyl (C=O) groups is 1. The van der Waals surface area contributed by atoms with Crippen LogP contribution in [0.5, 0.6) is 0 Å². The van der Waals surface area contributed by atoms with Crippen LogP contribution in [0, 0.1) is 39.9 Å². The standard InChI is InChI=1S/C24H33NO2/c1-17(2)15-23(3,16-25)21-13-12-19-20(11-8-14-24(19,21)4)27-22(26)18-9-6-5-7-10-18/h5-7,9-10,17,19-21H,8,11-15H2,1-4H3/t19?,20-,21?,23+,24-/m0/s1. The van der Waals surface area contributed by atoms with E-state index in [1.54, 1.807) is 0 Å². The molecule has 0 radical (unpaired) electrons. The number of carbonyl (C=O) groups excluding carboxylic acids is 1. The van der Waals surface area contributed by atoms with E-state index in [-0.39, 0.29) is 22.9 Å².